The smallest absolute Gasteiger partial charge is 0.222 e. The van der Waals surface area contributed by atoms with Gasteiger partial charge in [0, 0.05) is 24.3 Å². The molecule has 5 heteroatoms. The molecule has 0 saturated carbocycles. The zero-order valence-corrected chi connectivity index (χ0v) is 12.0. The van der Waals surface area contributed by atoms with Crippen molar-refractivity contribution in [3.05, 3.63) is 11.3 Å². The van der Waals surface area contributed by atoms with Gasteiger partial charge in [0.1, 0.15) is 5.82 Å². The van der Waals surface area contributed by atoms with Crippen LogP contribution in [0.5, 0.6) is 0 Å². The molecule has 0 saturated heterocycles. The second-order valence-electron chi connectivity index (χ2n) is 4.30. The van der Waals surface area contributed by atoms with Crippen molar-refractivity contribution in [2.45, 2.75) is 34.1 Å². The summed E-state index contributed by atoms with van der Waals surface area (Å²) < 4.78 is 0. The molecule has 1 heterocycles. The van der Waals surface area contributed by atoms with Crippen LogP contribution in [0.3, 0.4) is 0 Å². The van der Waals surface area contributed by atoms with E-state index in [1.54, 1.807) is 0 Å². The molecule has 0 aliphatic carbocycles. The molecule has 1 aromatic heterocycles. The van der Waals surface area contributed by atoms with Crippen molar-refractivity contribution in [1.82, 2.24) is 14.9 Å². The third-order valence-corrected chi connectivity index (χ3v) is 3.20. The van der Waals surface area contributed by atoms with E-state index in [0.29, 0.717) is 5.95 Å². The molecule has 0 unspecified atom stereocenters. The van der Waals surface area contributed by atoms with Crippen LogP contribution in [0.2, 0.25) is 0 Å². The van der Waals surface area contributed by atoms with Gasteiger partial charge in [-0.15, -0.1) is 0 Å². The molecule has 1 rings (SSSR count). The molecular weight excluding hydrogens is 226 g/mol. The third-order valence-electron chi connectivity index (χ3n) is 3.20. The maximum absolute atomic E-state index is 5.69. The van der Waals surface area contributed by atoms with Gasteiger partial charge in [-0.1, -0.05) is 20.8 Å². The molecule has 0 aliphatic rings. The van der Waals surface area contributed by atoms with E-state index in [2.05, 4.69) is 41.0 Å². The van der Waals surface area contributed by atoms with Crippen molar-refractivity contribution in [3.63, 3.8) is 0 Å². The van der Waals surface area contributed by atoms with Gasteiger partial charge >= 0.3 is 0 Å². The van der Waals surface area contributed by atoms with Crippen LogP contribution in [-0.4, -0.2) is 41.0 Å². The Bertz CT molecular complexity index is 374. The van der Waals surface area contributed by atoms with Gasteiger partial charge < -0.3 is 16.0 Å². The lowest BCUT2D eigenvalue weighted by molar-refractivity contribution is 0.316. The van der Waals surface area contributed by atoms with Crippen LogP contribution in [0, 0.1) is 6.92 Å². The van der Waals surface area contributed by atoms with Crippen molar-refractivity contribution >= 4 is 11.8 Å². The van der Waals surface area contributed by atoms with Crippen molar-refractivity contribution < 1.29 is 0 Å². The van der Waals surface area contributed by atoms with Crippen molar-refractivity contribution in [2.24, 2.45) is 0 Å². The van der Waals surface area contributed by atoms with Gasteiger partial charge in [-0.2, -0.15) is 4.98 Å². The first-order valence-corrected chi connectivity index (χ1v) is 6.71. The molecule has 0 aromatic carbocycles. The topological polar surface area (TPSA) is 67.1 Å². The number of hydrogen-bond acceptors (Lipinski definition) is 5. The Balaban J connectivity index is 2.66. The summed E-state index contributed by atoms with van der Waals surface area (Å²) in [5, 5.41) is 3.37. The third kappa shape index (κ3) is 3.84. The predicted octanol–water partition coefficient (Wildman–Crippen LogP) is 1.68. The molecule has 5 nitrogen and oxygen atoms in total. The molecule has 102 valence electrons. The van der Waals surface area contributed by atoms with Crippen LogP contribution in [0.4, 0.5) is 11.8 Å². The average molecular weight is 251 g/mol. The Morgan fingerprint density at radius 3 is 2.39 bits per heavy atom. The molecule has 18 heavy (non-hydrogen) atoms. The van der Waals surface area contributed by atoms with Crippen LogP contribution >= 0.6 is 0 Å². The van der Waals surface area contributed by atoms with E-state index in [9.17, 15) is 0 Å². The standard InChI is InChI=1S/C13H25N5/c1-5-11-10(4)16-13(14)17-12(11)15-8-9-18(6-2)7-3/h5-9H2,1-4H3,(H3,14,15,16,17). The van der Waals surface area contributed by atoms with Crippen LogP contribution < -0.4 is 11.1 Å². The number of nitrogens with two attached hydrogens (primary N) is 1. The van der Waals surface area contributed by atoms with E-state index in [1.165, 1.54) is 0 Å². The molecule has 0 atom stereocenters. The molecule has 0 bridgehead atoms. The highest BCUT2D eigenvalue weighted by atomic mass is 15.1. The summed E-state index contributed by atoms with van der Waals surface area (Å²) in [6.45, 7) is 12.5. The largest absolute Gasteiger partial charge is 0.368 e. The van der Waals surface area contributed by atoms with E-state index in [4.69, 9.17) is 5.73 Å². The highest BCUT2D eigenvalue weighted by Gasteiger charge is 2.08. The van der Waals surface area contributed by atoms with Gasteiger partial charge in [0.05, 0.1) is 0 Å². The fourth-order valence-corrected chi connectivity index (χ4v) is 2.06. The highest BCUT2D eigenvalue weighted by Crippen LogP contribution is 2.17. The van der Waals surface area contributed by atoms with E-state index in [1.807, 2.05) is 6.92 Å². The number of nitrogens with one attached hydrogen (secondary N) is 1. The minimum Gasteiger partial charge on any atom is -0.368 e. The first kappa shape index (κ1) is 14.7. The number of nitrogen functional groups attached to an aromatic ring is 1. The predicted molar refractivity (Wildman–Crippen MR) is 76.8 cm³/mol. The summed E-state index contributed by atoms with van der Waals surface area (Å²) in [5.41, 5.74) is 7.82. The molecule has 3 N–H and O–H groups in total. The van der Waals surface area contributed by atoms with Crippen molar-refractivity contribution in [3.8, 4) is 0 Å². The molecule has 0 aliphatic heterocycles. The Morgan fingerprint density at radius 2 is 1.83 bits per heavy atom. The minimum atomic E-state index is 0.343. The first-order chi connectivity index (χ1) is 8.62. The number of rotatable bonds is 7. The number of hydrogen-bond donors (Lipinski definition) is 2. The summed E-state index contributed by atoms with van der Waals surface area (Å²) in [6.07, 6.45) is 0.916. The quantitative estimate of drug-likeness (QED) is 0.772. The summed E-state index contributed by atoms with van der Waals surface area (Å²) in [7, 11) is 0. The number of aryl methyl sites for hydroxylation is 1. The number of nitrogens with zero attached hydrogens (tertiary/aromatic N) is 3. The maximum atomic E-state index is 5.69. The van der Waals surface area contributed by atoms with Gasteiger partial charge in [0.2, 0.25) is 5.95 Å². The summed E-state index contributed by atoms with van der Waals surface area (Å²) in [4.78, 5) is 10.9. The van der Waals surface area contributed by atoms with Crippen molar-refractivity contribution in [1.29, 1.82) is 0 Å². The molecular formula is C13H25N5. The highest BCUT2D eigenvalue weighted by molar-refractivity contribution is 5.49. The van der Waals surface area contributed by atoms with E-state index in [0.717, 1.165) is 49.7 Å². The first-order valence-electron chi connectivity index (χ1n) is 6.71. The summed E-state index contributed by atoms with van der Waals surface area (Å²) in [6, 6.07) is 0. The van der Waals surface area contributed by atoms with Gasteiger partial charge in [0.15, 0.2) is 0 Å². The second-order valence-corrected chi connectivity index (χ2v) is 4.30. The minimum absolute atomic E-state index is 0.343. The van der Waals surface area contributed by atoms with E-state index >= 15 is 0 Å². The Morgan fingerprint density at radius 1 is 1.17 bits per heavy atom. The normalized spacial score (nSPS) is 10.9. The Labute approximate surface area is 110 Å². The fourth-order valence-electron chi connectivity index (χ4n) is 2.06. The summed E-state index contributed by atoms with van der Waals surface area (Å²) >= 11 is 0. The second kappa shape index (κ2) is 7.16. The molecule has 0 spiro atoms. The number of likely N-dealkylation sites (N-methyl/N-ethyl adjacent to an activating group) is 1. The number of aromatic nitrogens is 2. The SMILES string of the molecule is CCc1c(C)nc(N)nc1NCCN(CC)CC. The van der Waals surface area contributed by atoms with Crippen LogP contribution in [0.15, 0.2) is 0 Å². The Hall–Kier alpha value is -1.36. The average Bonchev–Trinajstić information content (AvgIpc) is 2.34. The van der Waals surface area contributed by atoms with Crippen LogP contribution in [-0.2, 0) is 6.42 Å². The monoisotopic (exact) mass is 251 g/mol. The lowest BCUT2D eigenvalue weighted by Gasteiger charge is -2.19. The number of anilines is 2. The molecule has 0 fully saturated rings. The van der Waals surface area contributed by atoms with E-state index in [-0.39, 0.29) is 0 Å². The van der Waals surface area contributed by atoms with Crippen LogP contribution in [0.1, 0.15) is 32.0 Å². The Kier molecular flexibility index (Phi) is 5.85. The lowest BCUT2D eigenvalue weighted by Crippen LogP contribution is -2.29. The zero-order chi connectivity index (χ0) is 13.5. The van der Waals surface area contributed by atoms with Crippen LogP contribution in [0.25, 0.3) is 0 Å². The molecule has 0 amide bonds. The van der Waals surface area contributed by atoms with E-state index < -0.39 is 0 Å². The fraction of sp³-hybridized carbons (Fsp3) is 0.692. The van der Waals surface area contributed by atoms with Crippen molar-refractivity contribution in [2.75, 3.05) is 37.2 Å². The molecule has 1 aromatic rings. The summed E-state index contributed by atoms with van der Waals surface area (Å²) in [5.74, 6) is 1.23. The molecule has 0 radical (unpaired) electrons. The van der Waals surface area contributed by atoms with Gasteiger partial charge in [-0.05, 0) is 26.4 Å². The van der Waals surface area contributed by atoms with Gasteiger partial charge in [-0.25, -0.2) is 4.98 Å². The van der Waals surface area contributed by atoms with Gasteiger partial charge in [0.25, 0.3) is 0 Å². The lowest BCUT2D eigenvalue weighted by atomic mass is 10.1. The zero-order valence-electron chi connectivity index (χ0n) is 12.0. The maximum Gasteiger partial charge on any atom is 0.222 e. The van der Waals surface area contributed by atoms with Gasteiger partial charge in [-0.3, -0.25) is 0 Å².